The van der Waals surface area contributed by atoms with E-state index in [0.717, 1.165) is 35.4 Å². The molecule has 3 rings (SSSR count). The van der Waals surface area contributed by atoms with E-state index in [4.69, 9.17) is 11.6 Å². The van der Waals surface area contributed by atoms with Gasteiger partial charge in [-0.15, -0.1) is 0 Å². The molecule has 0 spiro atoms. The van der Waals surface area contributed by atoms with Gasteiger partial charge in [-0.25, -0.2) is 0 Å². The third-order valence-electron chi connectivity index (χ3n) is 4.52. The first-order valence-corrected chi connectivity index (χ1v) is 8.57. The van der Waals surface area contributed by atoms with Crippen molar-refractivity contribution in [1.82, 2.24) is 4.98 Å². The molecule has 0 fully saturated rings. The Kier molecular flexibility index (Phi) is 4.63. The summed E-state index contributed by atoms with van der Waals surface area (Å²) in [5, 5.41) is 12.2. The highest BCUT2D eigenvalue weighted by Crippen LogP contribution is 2.36. The maximum Gasteiger partial charge on any atom is 0.119 e. The van der Waals surface area contributed by atoms with Crippen molar-refractivity contribution >= 4 is 22.5 Å². The number of aryl methyl sites for hydroxylation is 1. The van der Waals surface area contributed by atoms with Crippen molar-refractivity contribution in [3.8, 4) is 5.75 Å². The molecule has 1 unspecified atom stereocenters. The van der Waals surface area contributed by atoms with Crippen molar-refractivity contribution in [1.29, 1.82) is 0 Å². The Morgan fingerprint density at radius 1 is 1.17 bits per heavy atom. The Hall–Kier alpha value is -1.93. The molecular formula is C20H22ClNO. The van der Waals surface area contributed by atoms with E-state index in [9.17, 15) is 5.11 Å². The minimum Gasteiger partial charge on any atom is -0.508 e. The van der Waals surface area contributed by atoms with Crippen LogP contribution in [0.4, 0.5) is 0 Å². The minimum absolute atomic E-state index is 0.106. The summed E-state index contributed by atoms with van der Waals surface area (Å²) in [5.41, 5.74) is 4.55. The van der Waals surface area contributed by atoms with Crippen LogP contribution in [0.2, 0.25) is 5.02 Å². The average Bonchev–Trinajstić information content (AvgIpc) is 2.90. The van der Waals surface area contributed by atoms with Gasteiger partial charge in [0.2, 0.25) is 0 Å². The lowest BCUT2D eigenvalue weighted by Crippen LogP contribution is -2.01. The van der Waals surface area contributed by atoms with E-state index in [0.29, 0.717) is 5.75 Å². The number of hydrogen-bond acceptors (Lipinski definition) is 1. The summed E-state index contributed by atoms with van der Waals surface area (Å²) in [5.74, 6) is 0.451. The Balaban J connectivity index is 2.13. The molecule has 0 amide bonds. The van der Waals surface area contributed by atoms with Gasteiger partial charge in [0.25, 0.3) is 0 Å². The molecule has 0 aliphatic heterocycles. The summed E-state index contributed by atoms with van der Waals surface area (Å²) in [4.78, 5) is 3.56. The van der Waals surface area contributed by atoms with Crippen LogP contribution in [0.25, 0.3) is 10.9 Å². The number of H-pyrrole nitrogens is 1. The number of phenolic OH excluding ortho intramolecular Hbond substituents is 1. The summed E-state index contributed by atoms with van der Waals surface area (Å²) < 4.78 is 0. The van der Waals surface area contributed by atoms with E-state index in [1.54, 1.807) is 6.07 Å². The highest BCUT2D eigenvalue weighted by atomic mass is 35.5. The molecule has 2 N–H and O–H groups in total. The molecule has 1 atom stereocenters. The number of hydrogen-bond donors (Lipinski definition) is 2. The first kappa shape index (κ1) is 15.9. The molecule has 0 saturated heterocycles. The van der Waals surface area contributed by atoms with Crippen molar-refractivity contribution in [3.05, 3.63) is 64.3 Å². The standard InChI is InChI=1S/C20H22ClNO/c1-3-4-7-16-17-12-14(21)10-11-18(17)22-20(16)13(2)15-8-5-6-9-19(15)23/h5-6,8-13,22-23H,3-4,7H2,1-2H3. The van der Waals surface area contributed by atoms with Crippen LogP contribution in [-0.4, -0.2) is 10.1 Å². The summed E-state index contributed by atoms with van der Waals surface area (Å²) >= 11 is 6.20. The molecule has 2 aromatic carbocycles. The Morgan fingerprint density at radius 3 is 2.70 bits per heavy atom. The van der Waals surface area contributed by atoms with Gasteiger partial charge in [-0.1, -0.05) is 50.1 Å². The van der Waals surface area contributed by atoms with Crippen LogP contribution < -0.4 is 0 Å². The summed E-state index contributed by atoms with van der Waals surface area (Å²) in [6.07, 6.45) is 3.31. The van der Waals surface area contributed by atoms with E-state index in [2.05, 4.69) is 18.8 Å². The van der Waals surface area contributed by atoms with Crippen LogP contribution in [0.15, 0.2) is 42.5 Å². The number of fused-ring (bicyclic) bond motifs is 1. The Bertz CT molecular complexity index is 822. The molecule has 2 nitrogen and oxygen atoms in total. The van der Waals surface area contributed by atoms with Crippen molar-refractivity contribution in [2.45, 2.75) is 39.0 Å². The molecule has 3 heteroatoms. The topological polar surface area (TPSA) is 36.0 Å². The van der Waals surface area contributed by atoms with Gasteiger partial charge in [-0.05, 0) is 42.7 Å². The molecule has 3 aromatic rings. The lowest BCUT2D eigenvalue weighted by atomic mass is 9.92. The van der Waals surface area contributed by atoms with Crippen LogP contribution in [0.1, 0.15) is 49.4 Å². The van der Waals surface area contributed by atoms with Crippen LogP contribution in [0.5, 0.6) is 5.75 Å². The molecule has 0 aliphatic carbocycles. The summed E-state index contributed by atoms with van der Waals surface area (Å²) in [6.45, 7) is 4.34. The fourth-order valence-corrected chi connectivity index (χ4v) is 3.41. The molecule has 23 heavy (non-hydrogen) atoms. The summed E-state index contributed by atoms with van der Waals surface area (Å²) in [7, 11) is 0. The zero-order valence-corrected chi connectivity index (χ0v) is 14.3. The number of rotatable bonds is 5. The first-order chi connectivity index (χ1) is 11.1. The zero-order chi connectivity index (χ0) is 16.4. The van der Waals surface area contributed by atoms with E-state index >= 15 is 0 Å². The number of aromatic nitrogens is 1. The van der Waals surface area contributed by atoms with Gasteiger partial charge >= 0.3 is 0 Å². The normalized spacial score (nSPS) is 12.7. The maximum absolute atomic E-state index is 10.2. The fourth-order valence-electron chi connectivity index (χ4n) is 3.24. The molecule has 120 valence electrons. The number of para-hydroxylation sites is 1. The molecule has 0 saturated carbocycles. The summed E-state index contributed by atoms with van der Waals surface area (Å²) in [6, 6.07) is 13.6. The SMILES string of the molecule is CCCCc1c(C(C)c2ccccc2O)[nH]c2ccc(Cl)cc12. The second kappa shape index (κ2) is 6.67. The highest BCUT2D eigenvalue weighted by Gasteiger charge is 2.20. The van der Waals surface area contributed by atoms with Crippen molar-refractivity contribution in [2.24, 2.45) is 0 Å². The number of aromatic hydroxyl groups is 1. The van der Waals surface area contributed by atoms with E-state index in [1.807, 2.05) is 36.4 Å². The molecular weight excluding hydrogens is 306 g/mol. The molecule has 1 heterocycles. The zero-order valence-electron chi connectivity index (χ0n) is 13.6. The van der Waals surface area contributed by atoms with E-state index in [1.165, 1.54) is 16.6 Å². The van der Waals surface area contributed by atoms with Crippen LogP contribution in [-0.2, 0) is 6.42 Å². The molecule has 0 bridgehead atoms. The van der Waals surface area contributed by atoms with Crippen LogP contribution in [0.3, 0.4) is 0 Å². The molecule has 1 aromatic heterocycles. The number of aromatic amines is 1. The van der Waals surface area contributed by atoms with Gasteiger partial charge in [0, 0.05) is 33.1 Å². The predicted molar refractivity (Wildman–Crippen MR) is 97.5 cm³/mol. The molecule has 0 radical (unpaired) electrons. The monoisotopic (exact) mass is 327 g/mol. The quantitative estimate of drug-likeness (QED) is 0.590. The highest BCUT2D eigenvalue weighted by molar-refractivity contribution is 6.31. The number of nitrogens with one attached hydrogen (secondary N) is 1. The van der Waals surface area contributed by atoms with Gasteiger partial charge < -0.3 is 10.1 Å². The Labute approximate surface area is 142 Å². The van der Waals surface area contributed by atoms with Gasteiger partial charge in [0.1, 0.15) is 5.75 Å². The Morgan fingerprint density at radius 2 is 1.96 bits per heavy atom. The smallest absolute Gasteiger partial charge is 0.119 e. The molecule has 0 aliphatic rings. The third-order valence-corrected chi connectivity index (χ3v) is 4.75. The van der Waals surface area contributed by atoms with E-state index < -0.39 is 0 Å². The van der Waals surface area contributed by atoms with Crippen LogP contribution in [0, 0.1) is 0 Å². The fraction of sp³-hybridized carbons (Fsp3) is 0.300. The van der Waals surface area contributed by atoms with Gasteiger partial charge in [0.05, 0.1) is 0 Å². The van der Waals surface area contributed by atoms with Gasteiger partial charge in [-0.3, -0.25) is 0 Å². The average molecular weight is 328 g/mol. The maximum atomic E-state index is 10.2. The van der Waals surface area contributed by atoms with Gasteiger partial charge in [-0.2, -0.15) is 0 Å². The van der Waals surface area contributed by atoms with Crippen molar-refractivity contribution in [3.63, 3.8) is 0 Å². The van der Waals surface area contributed by atoms with E-state index in [-0.39, 0.29) is 5.92 Å². The lowest BCUT2D eigenvalue weighted by Gasteiger charge is -2.15. The van der Waals surface area contributed by atoms with Crippen LogP contribution >= 0.6 is 11.6 Å². The first-order valence-electron chi connectivity index (χ1n) is 8.19. The number of unbranched alkanes of at least 4 members (excludes halogenated alkanes) is 1. The number of benzene rings is 2. The largest absolute Gasteiger partial charge is 0.508 e. The number of halogens is 1. The number of phenols is 1. The van der Waals surface area contributed by atoms with Crippen molar-refractivity contribution < 1.29 is 5.11 Å². The lowest BCUT2D eigenvalue weighted by molar-refractivity contribution is 0.465. The third kappa shape index (κ3) is 3.09. The predicted octanol–water partition coefficient (Wildman–Crippen LogP) is 6.02. The second-order valence-corrected chi connectivity index (χ2v) is 6.53. The minimum atomic E-state index is 0.106. The van der Waals surface area contributed by atoms with Crippen molar-refractivity contribution in [2.75, 3.05) is 0 Å². The van der Waals surface area contributed by atoms with Gasteiger partial charge in [0.15, 0.2) is 0 Å². The second-order valence-electron chi connectivity index (χ2n) is 6.09.